The first-order valence-electron chi connectivity index (χ1n) is 5.86. The summed E-state index contributed by atoms with van der Waals surface area (Å²) in [6.07, 6.45) is 0. The fourth-order valence-corrected chi connectivity index (χ4v) is 1.79. The lowest BCUT2D eigenvalue weighted by molar-refractivity contribution is 0.306. The minimum Gasteiger partial charge on any atom is -0.489 e. The van der Waals surface area contributed by atoms with E-state index in [9.17, 15) is 4.79 Å². The molecular formula is C16H12O2. The highest BCUT2D eigenvalue weighted by molar-refractivity contribution is 5.70. The molecule has 2 nitrogen and oxygen atoms in total. The number of rotatable bonds is 4. The molecule has 0 radical (unpaired) electrons. The lowest BCUT2D eigenvalue weighted by Gasteiger charge is -2.06. The number of hydrogen-bond donors (Lipinski definition) is 0. The minimum absolute atomic E-state index is 0.132. The zero-order chi connectivity index (χ0) is 12.4. The second-order valence-electron chi connectivity index (χ2n) is 4.22. The molecule has 0 heterocycles. The molecule has 0 aliphatic carbocycles. The summed E-state index contributed by atoms with van der Waals surface area (Å²) in [6, 6.07) is 19.3. The summed E-state index contributed by atoms with van der Waals surface area (Å²) < 4.78 is 5.67. The molecule has 0 bridgehead atoms. The van der Waals surface area contributed by atoms with Gasteiger partial charge < -0.3 is 4.74 Å². The molecule has 0 aliphatic heterocycles. The number of hydrogen-bond acceptors (Lipinski definition) is 2. The van der Waals surface area contributed by atoms with Crippen molar-refractivity contribution in [1.82, 2.24) is 0 Å². The zero-order valence-electron chi connectivity index (χ0n) is 9.80. The fraction of sp³-hybridized carbons (Fsp3) is 0.0625. The van der Waals surface area contributed by atoms with Gasteiger partial charge in [0.25, 0.3) is 0 Å². The number of benzene rings is 2. The molecule has 3 aromatic carbocycles. The fourth-order valence-electron chi connectivity index (χ4n) is 1.79. The Kier molecular flexibility index (Phi) is 2.69. The first-order valence-corrected chi connectivity index (χ1v) is 5.86. The van der Waals surface area contributed by atoms with Crippen LogP contribution < -0.4 is 10.2 Å². The maximum absolute atomic E-state index is 11.0. The van der Waals surface area contributed by atoms with Gasteiger partial charge in [0.2, 0.25) is 0 Å². The summed E-state index contributed by atoms with van der Waals surface area (Å²) in [4.78, 5) is 11.0. The maximum atomic E-state index is 11.0. The second-order valence-corrected chi connectivity index (χ2v) is 4.22. The van der Waals surface area contributed by atoms with Crippen LogP contribution in [0.2, 0.25) is 0 Å². The van der Waals surface area contributed by atoms with Crippen molar-refractivity contribution in [2.45, 2.75) is 6.61 Å². The molecule has 3 rings (SSSR count). The Hall–Kier alpha value is -2.35. The predicted molar refractivity (Wildman–Crippen MR) is 71.3 cm³/mol. The Morgan fingerprint density at radius 1 is 0.889 bits per heavy atom. The lowest BCUT2D eigenvalue weighted by Crippen LogP contribution is -1.94. The van der Waals surface area contributed by atoms with Crippen LogP contribution in [0, 0.1) is 0 Å². The SMILES string of the molecule is O=c1cc1-c1ccc(OCc2ccccc2)cc1. The van der Waals surface area contributed by atoms with Gasteiger partial charge in [0.1, 0.15) is 12.4 Å². The molecule has 0 atom stereocenters. The van der Waals surface area contributed by atoms with Gasteiger partial charge in [-0.2, -0.15) is 0 Å². The van der Waals surface area contributed by atoms with E-state index in [-0.39, 0.29) is 5.43 Å². The first-order chi connectivity index (χ1) is 8.83. The van der Waals surface area contributed by atoms with Crippen molar-refractivity contribution < 1.29 is 4.74 Å². The average molecular weight is 236 g/mol. The van der Waals surface area contributed by atoms with Crippen LogP contribution in [0.4, 0.5) is 0 Å². The molecule has 0 aliphatic rings. The highest BCUT2D eigenvalue weighted by Crippen LogP contribution is 2.22. The van der Waals surface area contributed by atoms with E-state index in [0.29, 0.717) is 6.61 Å². The highest BCUT2D eigenvalue weighted by atomic mass is 16.5. The molecule has 18 heavy (non-hydrogen) atoms. The molecular weight excluding hydrogens is 224 g/mol. The molecule has 0 N–H and O–H groups in total. The van der Waals surface area contributed by atoms with Gasteiger partial charge in [-0.25, -0.2) is 0 Å². The molecule has 0 aromatic heterocycles. The quantitative estimate of drug-likeness (QED) is 0.695. The van der Waals surface area contributed by atoms with E-state index in [1.807, 2.05) is 54.6 Å². The summed E-state index contributed by atoms with van der Waals surface area (Å²) >= 11 is 0. The van der Waals surface area contributed by atoms with Crippen molar-refractivity contribution in [3.8, 4) is 16.9 Å². The first kappa shape index (κ1) is 10.8. The van der Waals surface area contributed by atoms with Crippen molar-refractivity contribution >= 4 is 0 Å². The largest absolute Gasteiger partial charge is 0.489 e. The molecule has 2 heteroatoms. The Bertz CT molecular complexity index is 644. The monoisotopic (exact) mass is 236 g/mol. The molecule has 88 valence electrons. The number of ether oxygens (including phenoxy) is 1. The molecule has 0 fully saturated rings. The van der Waals surface area contributed by atoms with Gasteiger partial charge in [-0.15, -0.1) is 0 Å². The third-order valence-electron chi connectivity index (χ3n) is 2.87. The van der Waals surface area contributed by atoms with Gasteiger partial charge in [-0.1, -0.05) is 42.5 Å². The van der Waals surface area contributed by atoms with Gasteiger partial charge in [0.05, 0.1) is 0 Å². The van der Waals surface area contributed by atoms with Gasteiger partial charge >= 0.3 is 0 Å². The van der Waals surface area contributed by atoms with Crippen LogP contribution in [-0.4, -0.2) is 0 Å². The maximum Gasteiger partial charge on any atom is 0.187 e. The van der Waals surface area contributed by atoms with Gasteiger partial charge in [-0.05, 0) is 29.3 Å². The van der Waals surface area contributed by atoms with Crippen LogP contribution in [-0.2, 0) is 6.61 Å². The normalized spacial score (nSPS) is 10.7. The van der Waals surface area contributed by atoms with Gasteiger partial charge in [0, 0.05) is 5.56 Å². The third kappa shape index (κ3) is 2.33. The van der Waals surface area contributed by atoms with E-state index >= 15 is 0 Å². The summed E-state index contributed by atoms with van der Waals surface area (Å²) in [5.74, 6) is 0.816. The van der Waals surface area contributed by atoms with E-state index < -0.39 is 0 Å². The zero-order valence-corrected chi connectivity index (χ0v) is 9.80. The smallest absolute Gasteiger partial charge is 0.187 e. The van der Waals surface area contributed by atoms with E-state index in [0.717, 1.165) is 22.4 Å². The van der Waals surface area contributed by atoms with E-state index in [1.165, 1.54) is 0 Å². The third-order valence-corrected chi connectivity index (χ3v) is 2.87. The minimum atomic E-state index is 0.132. The summed E-state index contributed by atoms with van der Waals surface area (Å²) in [7, 11) is 0. The summed E-state index contributed by atoms with van der Waals surface area (Å²) in [6.45, 7) is 0.557. The Balaban J connectivity index is 1.65. The van der Waals surface area contributed by atoms with E-state index in [4.69, 9.17) is 4.74 Å². The topological polar surface area (TPSA) is 26.3 Å². The van der Waals surface area contributed by atoms with Crippen LogP contribution in [0.3, 0.4) is 0 Å². The van der Waals surface area contributed by atoms with Gasteiger partial charge in [-0.3, -0.25) is 4.79 Å². The van der Waals surface area contributed by atoms with Crippen molar-refractivity contribution in [3.63, 3.8) is 0 Å². The molecule has 0 spiro atoms. The molecule has 0 unspecified atom stereocenters. The molecule has 0 saturated heterocycles. The van der Waals surface area contributed by atoms with Crippen LogP contribution in [0.15, 0.2) is 65.5 Å². The molecule has 0 saturated carbocycles. The van der Waals surface area contributed by atoms with E-state index in [1.54, 1.807) is 6.07 Å². The Morgan fingerprint density at radius 3 is 2.17 bits per heavy atom. The highest BCUT2D eigenvalue weighted by Gasteiger charge is 2.10. The van der Waals surface area contributed by atoms with E-state index in [2.05, 4.69) is 0 Å². The van der Waals surface area contributed by atoms with Crippen molar-refractivity contribution in [2.24, 2.45) is 0 Å². The lowest BCUT2D eigenvalue weighted by atomic mass is 10.2. The van der Waals surface area contributed by atoms with Crippen LogP contribution in [0.5, 0.6) is 5.75 Å². The average Bonchev–Trinajstić information content (AvgIpc) is 3.15. The Labute approximate surface area is 105 Å². The van der Waals surface area contributed by atoms with Crippen LogP contribution in [0.1, 0.15) is 5.56 Å². The summed E-state index contributed by atoms with van der Waals surface area (Å²) in [5, 5.41) is 0. The second kappa shape index (κ2) is 4.49. The summed E-state index contributed by atoms with van der Waals surface area (Å²) in [5.41, 5.74) is 3.05. The van der Waals surface area contributed by atoms with Crippen molar-refractivity contribution in [1.29, 1.82) is 0 Å². The standard InChI is InChI=1S/C16H12O2/c17-16-10-15(16)13-6-8-14(9-7-13)18-11-12-4-2-1-3-5-12/h1-10H,11H2. The van der Waals surface area contributed by atoms with Crippen molar-refractivity contribution in [3.05, 3.63) is 76.5 Å². The molecule has 0 amide bonds. The predicted octanol–water partition coefficient (Wildman–Crippen LogP) is 3.17. The Morgan fingerprint density at radius 2 is 1.56 bits per heavy atom. The van der Waals surface area contributed by atoms with Crippen molar-refractivity contribution in [2.75, 3.05) is 0 Å². The van der Waals surface area contributed by atoms with Crippen LogP contribution >= 0.6 is 0 Å². The molecule has 3 aromatic rings. The van der Waals surface area contributed by atoms with Gasteiger partial charge in [0.15, 0.2) is 5.43 Å². The van der Waals surface area contributed by atoms with Crippen LogP contribution in [0.25, 0.3) is 11.1 Å².